The van der Waals surface area contributed by atoms with Crippen LogP contribution in [0, 0.1) is 10.8 Å². The normalized spacial score (nSPS) is 11.9. The van der Waals surface area contributed by atoms with Gasteiger partial charge in [-0.05, 0) is 12.1 Å². The zero-order chi connectivity index (χ0) is 12.3. The summed E-state index contributed by atoms with van der Waals surface area (Å²) < 4.78 is 19.4. The van der Waals surface area contributed by atoms with Crippen LogP contribution >= 0.6 is 10.6 Å². The minimum atomic E-state index is -3.71. The lowest BCUT2D eigenvalue weighted by molar-refractivity contribution is -0.129. The Labute approximate surface area is 92.9 Å². The Hall–Kier alpha value is -1.70. The first kappa shape index (κ1) is 12.4. The molecule has 0 aromatic heterocycles. The van der Waals surface area contributed by atoms with Crippen LogP contribution in [0.1, 0.15) is 0 Å². The van der Waals surface area contributed by atoms with Crippen LogP contribution in [-0.4, -0.2) is 30.9 Å². The number of hydrogen-bond donors (Lipinski definition) is 5. The first-order valence-electron chi connectivity index (χ1n) is 4.11. The summed E-state index contributed by atoms with van der Waals surface area (Å²) in [6.45, 7) is 0. The average molecular weight is 242 g/mol. The lowest BCUT2D eigenvalue weighted by Crippen LogP contribution is -2.26. The lowest BCUT2D eigenvalue weighted by Gasteiger charge is -2.31. The van der Waals surface area contributed by atoms with E-state index in [1.54, 1.807) is 6.07 Å². The van der Waals surface area contributed by atoms with Crippen LogP contribution in [0.3, 0.4) is 0 Å². The zero-order valence-electron chi connectivity index (χ0n) is 8.04. The van der Waals surface area contributed by atoms with Crippen molar-refractivity contribution in [3.05, 3.63) is 30.3 Å². The van der Waals surface area contributed by atoms with Crippen molar-refractivity contribution >= 4 is 27.3 Å². The van der Waals surface area contributed by atoms with Crippen molar-refractivity contribution in [2.45, 2.75) is 4.90 Å². The molecule has 0 fully saturated rings. The van der Waals surface area contributed by atoms with E-state index in [1.807, 2.05) is 0 Å². The Morgan fingerprint density at radius 3 is 2.06 bits per heavy atom. The number of benzene rings is 1. The number of carboxylic acids is 1. The average Bonchev–Trinajstić information content (AvgIpc) is 2.28. The van der Waals surface area contributed by atoms with Gasteiger partial charge in [0.15, 0.2) is 10.8 Å². The van der Waals surface area contributed by atoms with Gasteiger partial charge in [-0.1, -0.05) is 18.2 Å². The molecule has 0 spiro atoms. The molecule has 0 saturated carbocycles. The molecule has 0 heterocycles. The van der Waals surface area contributed by atoms with E-state index in [4.69, 9.17) is 15.9 Å². The summed E-state index contributed by atoms with van der Waals surface area (Å²) in [5.74, 6) is -1.67. The zero-order valence-corrected chi connectivity index (χ0v) is 8.86. The fourth-order valence-electron chi connectivity index (χ4n) is 0.968. The number of nitrogens with one attached hydrogen (secondary N) is 2. The molecule has 0 aliphatic heterocycles. The van der Waals surface area contributed by atoms with Gasteiger partial charge in [0.25, 0.3) is 0 Å². The monoisotopic (exact) mass is 242 g/mol. The molecule has 86 valence electrons. The molecule has 5 N–H and O–H groups in total. The summed E-state index contributed by atoms with van der Waals surface area (Å²) in [4.78, 5) is 10.5. The molecule has 6 nitrogen and oxygen atoms in total. The van der Waals surface area contributed by atoms with Crippen LogP contribution in [0.5, 0.6) is 0 Å². The smallest absolute Gasteiger partial charge is 0.357 e. The van der Waals surface area contributed by atoms with E-state index in [0.717, 1.165) is 0 Å². The molecule has 0 saturated heterocycles. The quantitative estimate of drug-likeness (QED) is 0.409. The highest BCUT2D eigenvalue weighted by molar-refractivity contribution is 8.38. The van der Waals surface area contributed by atoms with Crippen LogP contribution in [0.4, 0.5) is 0 Å². The van der Waals surface area contributed by atoms with Gasteiger partial charge in [-0.25, -0.2) is 4.79 Å². The van der Waals surface area contributed by atoms with Gasteiger partial charge in [-0.3, -0.25) is 19.9 Å². The Kier molecular flexibility index (Phi) is 3.43. The molecular formula is C9H10N2O4S. The maximum absolute atomic E-state index is 10.4. The number of carboxylic acid groups (broad SMARTS) is 1. The highest BCUT2D eigenvalue weighted by Crippen LogP contribution is 2.48. The van der Waals surface area contributed by atoms with Crippen molar-refractivity contribution in [1.82, 2.24) is 0 Å². The van der Waals surface area contributed by atoms with Crippen LogP contribution in [-0.2, 0) is 4.79 Å². The summed E-state index contributed by atoms with van der Waals surface area (Å²) >= 11 is 0. The Balaban J connectivity index is 3.08. The second-order valence-electron chi connectivity index (χ2n) is 2.87. The molecule has 16 heavy (non-hydrogen) atoms. The van der Waals surface area contributed by atoms with Crippen molar-refractivity contribution in [3.63, 3.8) is 0 Å². The molecule has 1 aromatic carbocycles. The van der Waals surface area contributed by atoms with E-state index < -0.39 is 27.3 Å². The predicted molar refractivity (Wildman–Crippen MR) is 60.6 cm³/mol. The number of carbonyl (C=O) groups is 1. The maximum Gasteiger partial charge on any atom is 0.357 e. The molecule has 1 rings (SSSR count). The highest BCUT2D eigenvalue weighted by atomic mass is 32.3. The van der Waals surface area contributed by atoms with E-state index in [0.29, 0.717) is 0 Å². The van der Waals surface area contributed by atoms with E-state index >= 15 is 0 Å². The van der Waals surface area contributed by atoms with Gasteiger partial charge in [-0.2, -0.15) is 0 Å². The second-order valence-corrected chi connectivity index (χ2v) is 4.85. The molecule has 0 bridgehead atoms. The summed E-state index contributed by atoms with van der Waals surface area (Å²) in [5, 5.41) is 21.8. The fourth-order valence-corrected chi connectivity index (χ4v) is 2.11. The second kappa shape index (κ2) is 4.44. The third kappa shape index (κ3) is 2.27. The fraction of sp³-hybridized carbons (Fsp3) is 0. The third-order valence-electron chi connectivity index (χ3n) is 1.80. The number of hydrogen-bond acceptors (Lipinski definition) is 5. The first-order valence-corrected chi connectivity index (χ1v) is 5.66. The van der Waals surface area contributed by atoms with Gasteiger partial charge < -0.3 is 5.11 Å². The van der Waals surface area contributed by atoms with E-state index in [1.165, 1.54) is 24.3 Å². The summed E-state index contributed by atoms with van der Waals surface area (Å²) in [6.07, 6.45) is 0. The summed E-state index contributed by atoms with van der Waals surface area (Å²) in [6, 6.07) is 7.42. The van der Waals surface area contributed by atoms with Crippen molar-refractivity contribution in [2.75, 3.05) is 0 Å². The number of rotatable bonds is 3. The molecule has 0 aliphatic rings. The molecule has 7 heteroatoms. The Morgan fingerprint density at radius 2 is 1.62 bits per heavy atom. The van der Waals surface area contributed by atoms with E-state index in [2.05, 4.69) is 0 Å². The molecule has 0 aliphatic carbocycles. The van der Waals surface area contributed by atoms with E-state index in [-0.39, 0.29) is 4.90 Å². The lowest BCUT2D eigenvalue weighted by atomic mass is 10.4. The van der Waals surface area contributed by atoms with Gasteiger partial charge >= 0.3 is 5.97 Å². The molecule has 0 atom stereocenters. The molecule has 1 aromatic rings. The van der Waals surface area contributed by atoms with Gasteiger partial charge in [0.1, 0.15) is 0 Å². The van der Waals surface area contributed by atoms with Crippen LogP contribution in [0.15, 0.2) is 35.2 Å². The molecule has 0 amide bonds. The maximum atomic E-state index is 10.4. The van der Waals surface area contributed by atoms with Crippen LogP contribution in [0.25, 0.3) is 0 Å². The van der Waals surface area contributed by atoms with Crippen molar-refractivity contribution in [3.8, 4) is 0 Å². The topological polar surface area (TPSA) is 125 Å². The standard InChI is InChI=1S/C9H10N2O4S/c10-7(9(12)13)8(11)16(14,15)6-4-2-1-3-5-6/h1-5,10-11,14-15H,(H,12,13). The van der Waals surface area contributed by atoms with Gasteiger partial charge in [0.05, 0.1) is 4.90 Å². The SMILES string of the molecule is N=C(C(=N)S(O)(O)c1ccccc1)C(=O)O. The van der Waals surface area contributed by atoms with Crippen molar-refractivity contribution < 1.29 is 19.0 Å². The molecule has 0 unspecified atom stereocenters. The van der Waals surface area contributed by atoms with Crippen molar-refractivity contribution in [2.24, 2.45) is 0 Å². The van der Waals surface area contributed by atoms with Gasteiger partial charge in [0.2, 0.25) is 0 Å². The predicted octanol–water partition coefficient (Wildman–Crippen LogP) is 1.88. The summed E-state index contributed by atoms with van der Waals surface area (Å²) in [5.41, 5.74) is -1.12. The molecule has 0 radical (unpaired) electrons. The van der Waals surface area contributed by atoms with Crippen LogP contribution in [0.2, 0.25) is 0 Å². The Morgan fingerprint density at radius 1 is 1.12 bits per heavy atom. The van der Waals surface area contributed by atoms with Crippen LogP contribution < -0.4 is 0 Å². The minimum Gasteiger partial charge on any atom is -0.476 e. The number of aliphatic carboxylic acids is 1. The third-order valence-corrected chi connectivity index (χ3v) is 3.50. The summed E-state index contributed by atoms with van der Waals surface area (Å²) in [7, 11) is -3.71. The molecular weight excluding hydrogens is 232 g/mol. The van der Waals surface area contributed by atoms with Crippen molar-refractivity contribution in [1.29, 1.82) is 10.8 Å². The first-order chi connectivity index (χ1) is 7.37. The van der Waals surface area contributed by atoms with Gasteiger partial charge in [0, 0.05) is 0 Å². The Bertz CT molecular complexity index is 444. The largest absolute Gasteiger partial charge is 0.476 e. The minimum absolute atomic E-state index is 0.0194. The van der Waals surface area contributed by atoms with E-state index in [9.17, 15) is 13.9 Å². The van der Waals surface area contributed by atoms with Gasteiger partial charge in [-0.15, -0.1) is 10.6 Å². The highest BCUT2D eigenvalue weighted by Gasteiger charge is 2.28.